The van der Waals surface area contributed by atoms with Gasteiger partial charge < -0.3 is 4.74 Å². The van der Waals surface area contributed by atoms with Gasteiger partial charge in [0.15, 0.2) is 0 Å². The molecule has 0 bridgehead atoms. The van der Waals surface area contributed by atoms with Crippen molar-refractivity contribution in [2.24, 2.45) is 0 Å². The summed E-state index contributed by atoms with van der Waals surface area (Å²) < 4.78 is 40.7. The Kier molecular flexibility index (Phi) is 2.21. The maximum absolute atomic E-state index is 12.1. The Balaban J connectivity index is 3.14. The summed E-state index contributed by atoms with van der Waals surface area (Å²) in [5, 5.41) is 0. The monoisotopic (exact) mass is 176 g/mol. The van der Waals surface area contributed by atoms with Gasteiger partial charge in [0.05, 0.1) is 7.11 Å². The van der Waals surface area contributed by atoms with E-state index in [1.54, 1.807) is 0 Å². The van der Waals surface area contributed by atoms with Crippen LogP contribution < -0.4 is 4.74 Å². The smallest absolute Gasteiger partial charge is 0.421 e. The Bertz CT molecular complexity index is 272. The molecule has 0 aromatic carbocycles. The van der Waals surface area contributed by atoms with Crippen molar-refractivity contribution in [1.29, 1.82) is 0 Å². The molecular weight excluding hydrogens is 171 g/mol. The van der Waals surface area contributed by atoms with Crippen molar-refractivity contribution >= 4 is 0 Å². The molecule has 0 saturated carbocycles. The minimum absolute atomic E-state index is 0.429. The van der Waals surface area contributed by atoms with Crippen molar-refractivity contribution < 1.29 is 17.9 Å². The summed E-state index contributed by atoms with van der Waals surface area (Å²) in [5.41, 5.74) is -0.910. The van der Waals surface area contributed by atoms with Crippen molar-refractivity contribution in [3.63, 3.8) is 0 Å². The van der Waals surface area contributed by atoms with Crippen LogP contribution in [0.15, 0.2) is 12.3 Å². The van der Waals surface area contributed by atoms with Crippen LogP contribution in [0.25, 0.3) is 0 Å². The molecule has 0 atom stereocenters. The second-order valence-corrected chi connectivity index (χ2v) is 1.99. The van der Waals surface area contributed by atoms with Crippen LogP contribution in [0.5, 0.6) is 5.88 Å². The number of halogens is 3. The van der Waals surface area contributed by atoms with Gasteiger partial charge in [0, 0.05) is 12.3 Å². The van der Waals surface area contributed by atoms with Crippen LogP contribution in [-0.4, -0.2) is 12.1 Å². The molecule has 0 aliphatic heterocycles. The summed E-state index contributed by atoms with van der Waals surface area (Å²) in [4.78, 5) is 3.37. The first-order valence-electron chi connectivity index (χ1n) is 3.03. The van der Waals surface area contributed by atoms with Gasteiger partial charge in [-0.15, -0.1) is 0 Å². The second kappa shape index (κ2) is 3.00. The molecule has 1 heterocycles. The minimum Gasteiger partial charge on any atom is -0.481 e. The third-order valence-electron chi connectivity index (χ3n) is 1.21. The van der Waals surface area contributed by atoms with Gasteiger partial charge in [0.25, 0.3) is 0 Å². The summed E-state index contributed by atoms with van der Waals surface area (Å²) in [5.74, 6) is -0.429. The van der Waals surface area contributed by atoms with E-state index in [0.717, 1.165) is 19.4 Å². The lowest BCUT2D eigenvalue weighted by Crippen LogP contribution is -2.08. The maximum Gasteiger partial charge on any atom is 0.421 e. The van der Waals surface area contributed by atoms with E-state index in [4.69, 9.17) is 0 Å². The molecule has 1 rings (SSSR count). The first-order valence-corrected chi connectivity index (χ1v) is 3.03. The van der Waals surface area contributed by atoms with E-state index < -0.39 is 17.6 Å². The van der Waals surface area contributed by atoms with Crippen molar-refractivity contribution in [2.45, 2.75) is 6.18 Å². The van der Waals surface area contributed by atoms with Crippen LogP contribution in [0.4, 0.5) is 13.2 Å². The predicted molar refractivity (Wildman–Crippen MR) is 34.6 cm³/mol. The third kappa shape index (κ3) is 1.66. The number of nitrogens with zero attached hydrogens (tertiary/aromatic N) is 1. The van der Waals surface area contributed by atoms with E-state index in [1.807, 2.05) is 0 Å². The topological polar surface area (TPSA) is 22.1 Å². The van der Waals surface area contributed by atoms with E-state index in [2.05, 4.69) is 15.8 Å². The summed E-state index contributed by atoms with van der Waals surface area (Å²) in [6.07, 6.45) is -3.32. The highest BCUT2D eigenvalue weighted by Crippen LogP contribution is 2.33. The second-order valence-electron chi connectivity index (χ2n) is 1.99. The fraction of sp³-hybridized carbons (Fsp3) is 0.286. The Hall–Kier alpha value is -1.26. The van der Waals surface area contributed by atoms with Crippen LogP contribution in [0.1, 0.15) is 5.56 Å². The summed E-state index contributed by atoms with van der Waals surface area (Å²) >= 11 is 0. The van der Waals surface area contributed by atoms with Crippen molar-refractivity contribution in [3.8, 4) is 5.88 Å². The Morgan fingerprint density at radius 3 is 2.58 bits per heavy atom. The molecule has 0 N–H and O–H groups in total. The van der Waals surface area contributed by atoms with Gasteiger partial charge in [0.1, 0.15) is 5.56 Å². The van der Waals surface area contributed by atoms with Crippen LogP contribution in [0.3, 0.4) is 0 Å². The third-order valence-corrected chi connectivity index (χ3v) is 1.21. The van der Waals surface area contributed by atoms with Crippen LogP contribution in [0.2, 0.25) is 0 Å². The molecular formula is C7H5F3NO. The molecule has 1 radical (unpaired) electrons. The number of hydrogen-bond acceptors (Lipinski definition) is 2. The van der Waals surface area contributed by atoms with E-state index in [-0.39, 0.29) is 0 Å². The Morgan fingerprint density at radius 2 is 2.17 bits per heavy atom. The van der Waals surface area contributed by atoms with Crippen LogP contribution >= 0.6 is 0 Å². The number of alkyl halides is 3. The molecule has 0 unspecified atom stereocenters. The molecule has 0 aliphatic rings. The van der Waals surface area contributed by atoms with E-state index in [9.17, 15) is 13.2 Å². The quantitative estimate of drug-likeness (QED) is 0.652. The molecule has 0 saturated heterocycles. The average molecular weight is 176 g/mol. The summed E-state index contributed by atoms with van der Waals surface area (Å²) in [7, 11) is 1.14. The van der Waals surface area contributed by atoms with Gasteiger partial charge in [-0.1, -0.05) is 0 Å². The van der Waals surface area contributed by atoms with Crippen LogP contribution in [-0.2, 0) is 6.18 Å². The highest BCUT2D eigenvalue weighted by molar-refractivity contribution is 5.27. The number of pyridine rings is 1. The zero-order valence-electron chi connectivity index (χ0n) is 6.14. The number of rotatable bonds is 1. The number of ether oxygens (including phenoxy) is 1. The van der Waals surface area contributed by atoms with Crippen molar-refractivity contribution in [2.75, 3.05) is 7.11 Å². The van der Waals surface area contributed by atoms with E-state index >= 15 is 0 Å². The van der Waals surface area contributed by atoms with Gasteiger partial charge in [-0.3, -0.25) is 0 Å². The first-order chi connectivity index (χ1) is 5.55. The molecule has 0 aliphatic carbocycles. The standard InChI is InChI=1S/C7H5F3NO/c1-12-6-5(7(8,9)10)3-2-4-11-6/h3-4H,1H3. The summed E-state index contributed by atoms with van der Waals surface area (Å²) in [6, 6.07) is 3.03. The van der Waals surface area contributed by atoms with Gasteiger partial charge in [0.2, 0.25) is 5.88 Å². The number of methoxy groups -OCH3 is 1. The maximum atomic E-state index is 12.1. The number of hydrogen-bond donors (Lipinski definition) is 0. The lowest BCUT2D eigenvalue weighted by molar-refractivity contribution is -0.139. The minimum atomic E-state index is -4.43. The zero-order chi connectivity index (χ0) is 9.19. The molecule has 2 nitrogen and oxygen atoms in total. The fourth-order valence-corrected chi connectivity index (χ4v) is 0.714. The SMILES string of the molecule is COc1nc[c]cc1C(F)(F)F. The van der Waals surface area contributed by atoms with E-state index in [0.29, 0.717) is 0 Å². The normalized spacial score (nSPS) is 11.3. The van der Waals surface area contributed by atoms with Crippen molar-refractivity contribution in [3.05, 3.63) is 23.9 Å². The molecule has 5 heteroatoms. The van der Waals surface area contributed by atoms with Gasteiger partial charge in [-0.2, -0.15) is 13.2 Å². The van der Waals surface area contributed by atoms with Crippen LogP contribution in [0, 0.1) is 6.07 Å². The molecule has 0 spiro atoms. The van der Waals surface area contributed by atoms with Gasteiger partial charge >= 0.3 is 6.18 Å². The van der Waals surface area contributed by atoms with Crippen molar-refractivity contribution in [1.82, 2.24) is 4.98 Å². The van der Waals surface area contributed by atoms with E-state index in [1.165, 1.54) is 0 Å². The molecule has 0 amide bonds. The molecule has 1 aromatic rings. The lowest BCUT2D eigenvalue weighted by atomic mass is 10.2. The molecule has 65 valence electrons. The zero-order valence-corrected chi connectivity index (χ0v) is 6.14. The first kappa shape index (κ1) is 8.83. The predicted octanol–water partition coefficient (Wildman–Crippen LogP) is 1.91. The summed E-state index contributed by atoms with van der Waals surface area (Å²) in [6.45, 7) is 0. The largest absolute Gasteiger partial charge is 0.481 e. The highest BCUT2D eigenvalue weighted by atomic mass is 19.4. The Morgan fingerprint density at radius 1 is 1.50 bits per heavy atom. The van der Waals surface area contributed by atoms with Gasteiger partial charge in [-0.05, 0) is 6.07 Å². The van der Waals surface area contributed by atoms with Gasteiger partial charge in [-0.25, -0.2) is 4.98 Å². The molecule has 0 fully saturated rings. The Labute approximate surface area is 67.0 Å². The highest BCUT2D eigenvalue weighted by Gasteiger charge is 2.34. The molecule has 1 aromatic heterocycles. The average Bonchev–Trinajstić information content (AvgIpc) is 2.03. The number of aromatic nitrogens is 1. The molecule has 12 heavy (non-hydrogen) atoms. The lowest BCUT2D eigenvalue weighted by Gasteiger charge is -2.08. The fourth-order valence-electron chi connectivity index (χ4n) is 0.714.